The summed E-state index contributed by atoms with van der Waals surface area (Å²) in [7, 11) is 0. The first-order valence-electron chi connectivity index (χ1n) is 7.34. The minimum Gasteiger partial charge on any atom is -0.481 e. The van der Waals surface area contributed by atoms with E-state index in [2.05, 4.69) is 29.7 Å². The van der Waals surface area contributed by atoms with Gasteiger partial charge in [-0.1, -0.05) is 44.2 Å². The average Bonchev–Trinajstić information content (AvgIpc) is 2.48. The van der Waals surface area contributed by atoms with E-state index in [1.54, 1.807) is 6.92 Å². The summed E-state index contributed by atoms with van der Waals surface area (Å²) in [5.74, 6) is -1.04. The van der Waals surface area contributed by atoms with E-state index in [1.807, 2.05) is 18.2 Å². The van der Waals surface area contributed by atoms with Gasteiger partial charge in [-0.2, -0.15) is 0 Å². The van der Waals surface area contributed by atoms with Gasteiger partial charge in [0, 0.05) is 13.1 Å². The number of rotatable bonds is 8. The second-order valence-corrected chi connectivity index (χ2v) is 5.18. The molecule has 2 amide bonds. The number of nitrogens with one attached hydrogen (secondary N) is 2. The van der Waals surface area contributed by atoms with E-state index < -0.39 is 11.9 Å². The molecule has 1 aromatic carbocycles. The van der Waals surface area contributed by atoms with Crippen LogP contribution in [0.25, 0.3) is 0 Å². The molecule has 0 radical (unpaired) electrons. The first-order chi connectivity index (χ1) is 10.0. The molecular formula is C16H24N2O3. The SMILES string of the molecule is CCC(CNC(=O)NCCC(C)c1ccccc1)C(=O)O. The summed E-state index contributed by atoms with van der Waals surface area (Å²) in [6.45, 7) is 4.63. The number of carbonyl (C=O) groups is 2. The second kappa shape index (κ2) is 9.00. The zero-order valence-corrected chi connectivity index (χ0v) is 12.6. The molecule has 0 heterocycles. The molecule has 5 heteroatoms. The smallest absolute Gasteiger partial charge is 0.314 e. The molecule has 0 saturated heterocycles. The fourth-order valence-electron chi connectivity index (χ4n) is 2.04. The Bertz CT molecular complexity index is 448. The Kier molecular flexibility index (Phi) is 7.29. The van der Waals surface area contributed by atoms with Crippen LogP contribution in [0, 0.1) is 5.92 Å². The number of amides is 2. The molecule has 0 aliphatic carbocycles. The molecule has 0 bridgehead atoms. The fourth-order valence-corrected chi connectivity index (χ4v) is 2.04. The van der Waals surface area contributed by atoms with Crippen molar-refractivity contribution < 1.29 is 14.7 Å². The number of benzene rings is 1. The van der Waals surface area contributed by atoms with E-state index in [0.717, 1.165) is 6.42 Å². The molecule has 0 aliphatic rings. The molecule has 0 aromatic heterocycles. The van der Waals surface area contributed by atoms with Crippen LogP contribution in [0.4, 0.5) is 4.79 Å². The van der Waals surface area contributed by atoms with E-state index in [9.17, 15) is 9.59 Å². The van der Waals surface area contributed by atoms with Crippen molar-refractivity contribution in [3.8, 4) is 0 Å². The zero-order chi connectivity index (χ0) is 15.7. The highest BCUT2D eigenvalue weighted by Crippen LogP contribution is 2.17. The number of hydrogen-bond donors (Lipinski definition) is 3. The highest BCUT2D eigenvalue weighted by atomic mass is 16.4. The third-order valence-electron chi connectivity index (χ3n) is 3.58. The third kappa shape index (κ3) is 6.29. The standard InChI is InChI=1S/C16H24N2O3/c1-3-13(15(19)20)11-18-16(21)17-10-9-12(2)14-7-5-4-6-8-14/h4-8,12-13H,3,9-11H2,1-2H3,(H,19,20)(H2,17,18,21). The Balaban J connectivity index is 2.23. The van der Waals surface area contributed by atoms with Crippen molar-refractivity contribution in [2.24, 2.45) is 5.92 Å². The Morgan fingerprint density at radius 2 is 1.86 bits per heavy atom. The first kappa shape index (κ1) is 17.0. The predicted molar refractivity (Wildman–Crippen MR) is 82.3 cm³/mol. The molecular weight excluding hydrogens is 268 g/mol. The largest absolute Gasteiger partial charge is 0.481 e. The summed E-state index contributed by atoms with van der Waals surface area (Å²) in [6, 6.07) is 9.82. The van der Waals surface area contributed by atoms with Crippen molar-refractivity contribution in [2.45, 2.75) is 32.6 Å². The van der Waals surface area contributed by atoms with Gasteiger partial charge in [-0.15, -0.1) is 0 Å². The van der Waals surface area contributed by atoms with Gasteiger partial charge in [0.25, 0.3) is 0 Å². The van der Waals surface area contributed by atoms with Crippen molar-refractivity contribution in [1.29, 1.82) is 0 Å². The van der Waals surface area contributed by atoms with Crippen molar-refractivity contribution in [1.82, 2.24) is 10.6 Å². The summed E-state index contributed by atoms with van der Waals surface area (Å²) in [6.07, 6.45) is 1.34. The summed E-state index contributed by atoms with van der Waals surface area (Å²) in [4.78, 5) is 22.4. The van der Waals surface area contributed by atoms with Gasteiger partial charge < -0.3 is 15.7 Å². The maximum absolute atomic E-state index is 11.6. The normalized spacial score (nSPS) is 13.2. The molecule has 0 spiro atoms. The Hall–Kier alpha value is -2.04. The monoisotopic (exact) mass is 292 g/mol. The molecule has 1 rings (SSSR count). The molecule has 0 aliphatic heterocycles. The summed E-state index contributed by atoms with van der Waals surface area (Å²) < 4.78 is 0. The lowest BCUT2D eigenvalue weighted by atomic mass is 9.98. The highest BCUT2D eigenvalue weighted by molar-refractivity contribution is 5.75. The number of carbonyl (C=O) groups excluding carboxylic acids is 1. The minimum absolute atomic E-state index is 0.159. The maximum atomic E-state index is 11.6. The quantitative estimate of drug-likeness (QED) is 0.689. The van der Waals surface area contributed by atoms with Crippen LogP contribution in [-0.2, 0) is 4.79 Å². The lowest BCUT2D eigenvalue weighted by molar-refractivity contribution is -0.141. The van der Waals surface area contributed by atoms with Crippen LogP contribution in [0.15, 0.2) is 30.3 Å². The van der Waals surface area contributed by atoms with Gasteiger partial charge in [0.15, 0.2) is 0 Å². The zero-order valence-electron chi connectivity index (χ0n) is 12.6. The van der Waals surface area contributed by atoms with Crippen LogP contribution >= 0.6 is 0 Å². The fraction of sp³-hybridized carbons (Fsp3) is 0.500. The Labute approximate surface area is 125 Å². The third-order valence-corrected chi connectivity index (χ3v) is 3.58. The van der Waals surface area contributed by atoms with Crippen LogP contribution in [0.3, 0.4) is 0 Å². The van der Waals surface area contributed by atoms with E-state index in [4.69, 9.17) is 5.11 Å². The number of carboxylic acids is 1. The van der Waals surface area contributed by atoms with Crippen LogP contribution in [0.2, 0.25) is 0 Å². The first-order valence-corrected chi connectivity index (χ1v) is 7.34. The van der Waals surface area contributed by atoms with Gasteiger partial charge in [0.1, 0.15) is 0 Å². The van der Waals surface area contributed by atoms with Gasteiger partial charge in [-0.05, 0) is 24.3 Å². The minimum atomic E-state index is -0.879. The number of urea groups is 1. The van der Waals surface area contributed by atoms with Gasteiger partial charge in [0.05, 0.1) is 5.92 Å². The highest BCUT2D eigenvalue weighted by Gasteiger charge is 2.15. The summed E-state index contributed by atoms with van der Waals surface area (Å²) >= 11 is 0. The Morgan fingerprint density at radius 3 is 2.43 bits per heavy atom. The van der Waals surface area contributed by atoms with Crippen LogP contribution in [0.1, 0.15) is 38.2 Å². The van der Waals surface area contributed by atoms with Crippen molar-refractivity contribution in [2.75, 3.05) is 13.1 Å². The van der Waals surface area contributed by atoms with Crippen LogP contribution in [0.5, 0.6) is 0 Å². The molecule has 3 N–H and O–H groups in total. The van der Waals surface area contributed by atoms with E-state index in [0.29, 0.717) is 18.9 Å². The lowest BCUT2D eigenvalue weighted by Gasteiger charge is -2.14. The molecule has 21 heavy (non-hydrogen) atoms. The number of aliphatic carboxylic acids is 1. The van der Waals surface area contributed by atoms with Crippen molar-refractivity contribution in [3.63, 3.8) is 0 Å². The van der Waals surface area contributed by atoms with Gasteiger partial charge in [-0.25, -0.2) is 4.79 Å². The van der Waals surface area contributed by atoms with E-state index in [-0.39, 0.29) is 12.6 Å². The summed E-state index contributed by atoms with van der Waals surface area (Å²) in [5.41, 5.74) is 1.25. The predicted octanol–water partition coefficient (Wildman–Crippen LogP) is 2.59. The van der Waals surface area contributed by atoms with Gasteiger partial charge in [-0.3, -0.25) is 4.79 Å². The molecule has 0 saturated carbocycles. The van der Waals surface area contributed by atoms with E-state index in [1.165, 1.54) is 5.56 Å². The molecule has 116 valence electrons. The topological polar surface area (TPSA) is 78.4 Å². The second-order valence-electron chi connectivity index (χ2n) is 5.18. The Morgan fingerprint density at radius 1 is 1.19 bits per heavy atom. The van der Waals surface area contributed by atoms with E-state index >= 15 is 0 Å². The van der Waals surface area contributed by atoms with Gasteiger partial charge in [0.2, 0.25) is 0 Å². The summed E-state index contributed by atoms with van der Waals surface area (Å²) in [5, 5.41) is 14.2. The van der Waals surface area contributed by atoms with Crippen molar-refractivity contribution in [3.05, 3.63) is 35.9 Å². The van der Waals surface area contributed by atoms with Gasteiger partial charge >= 0.3 is 12.0 Å². The molecule has 1 aromatic rings. The number of hydrogen-bond acceptors (Lipinski definition) is 2. The molecule has 2 unspecified atom stereocenters. The van der Waals surface area contributed by atoms with Crippen LogP contribution in [-0.4, -0.2) is 30.2 Å². The van der Waals surface area contributed by atoms with Crippen LogP contribution < -0.4 is 10.6 Å². The van der Waals surface area contributed by atoms with Crippen molar-refractivity contribution >= 4 is 12.0 Å². The molecule has 2 atom stereocenters. The lowest BCUT2D eigenvalue weighted by Crippen LogP contribution is -2.40. The molecule has 5 nitrogen and oxygen atoms in total. The number of carboxylic acid groups (broad SMARTS) is 1. The maximum Gasteiger partial charge on any atom is 0.314 e. The molecule has 0 fully saturated rings. The average molecular weight is 292 g/mol.